The zero-order valence-electron chi connectivity index (χ0n) is 16.5. The molecule has 0 amide bonds. The van der Waals surface area contributed by atoms with Gasteiger partial charge in [0.2, 0.25) is 0 Å². The second-order valence-corrected chi connectivity index (χ2v) is 5.95. The number of aliphatic hydroxyl groups excluding tert-OH is 2. The molecule has 162 valence electrons. The topological polar surface area (TPSA) is 146 Å². The van der Waals surface area contributed by atoms with Gasteiger partial charge in [0, 0.05) is 11.1 Å². The van der Waals surface area contributed by atoms with Gasteiger partial charge in [-0.15, -0.1) is 0 Å². The zero-order chi connectivity index (χ0) is 22.8. The van der Waals surface area contributed by atoms with Crippen molar-refractivity contribution in [1.29, 1.82) is 0 Å². The molecule has 2 unspecified atom stereocenters. The van der Waals surface area contributed by atoms with E-state index >= 15 is 0 Å². The SMILES string of the molecule is C=C(C)C(=O)OC(CO)OC(=O)c1ccccc1C(=O)OC(CO)OC(=O)C(=C)C. The Hall–Kier alpha value is -3.50. The van der Waals surface area contributed by atoms with Gasteiger partial charge in [0.1, 0.15) is 13.2 Å². The minimum Gasteiger partial charge on any atom is -0.419 e. The van der Waals surface area contributed by atoms with E-state index < -0.39 is 49.7 Å². The van der Waals surface area contributed by atoms with E-state index in [9.17, 15) is 29.4 Å². The predicted octanol–water partition coefficient (Wildman–Crippen LogP) is 0.876. The summed E-state index contributed by atoms with van der Waals surface area (Å²) in [6.45, 7) is 7.79. The van der Waals surface area contributed by atoms with E-state index in [0.717, 1.165) is 0 Å². The molecule has 0 aliphatic carbocycles. The highest BCUT2D eigenvalue weighted by atomic mass is 16.7. The zero-order valence-corrected chi connectivity index (χ0v) is 16.5. The number of carbonyl (C=O) groups excluding carboxylic acids is 4. The van der Waals surface area contributed by atoms with Crippen LogP contribution in [0.25, 0.3) is 0 Å². The van der Waals surface area contributed by atoms with Crippen LogP contribution in [0.1, 0.15) is 34.6 Å². The first-order chi connectivity index (χ1) is 14.1. The Labute approximate surface area is 172 Å². The Balaban J connectivity index is 2.96. The van der Waals surface area contributed by atoms with Crippen LogP contribution in [0, 0.1) is 0 Å². The highest BCUT2D eigenvalue weighted by Crippen LogP contribution is 2.15. The molecule has 0 saturated heterocycles. The number of aliphatic hydroxyl groups is 2. The Kier molecular flexibility index (Phi) is 9.40. The van der Waals surface area contributed by atoms with E-state index in [1.165, 1.54) is 38.1 Å². The molecule has 0 saturated carbocycles. The van der Waals surface area contributed by atoms with E-state index in [1.807, 2.05) is 0 Å². The lowest BCUT2D eigenvalue weighted by Crippen LogP contribution is -2.30. The fraction of sp³-hybridized carbons (Fsp3) is 0.300. The Morgan fingerprint density at radius 3 is 1.37 bits per heavy atom. The number of hydrogen-bond donors (Lipinski definition) is 2. The molecule has 0 heterocycles. The molecule has 0 bridgehead atoms. The molecular weight excluding hydrogens is 400 g/mol. The highest BCUT2D eigenvalue weighted by Gasteiger charge is 2.26. The van der Waals surface area contributed by atoms with Gasteiger partial charge in [-0.25, -0.2) is 19.2 Å². The average Bonchev–Trinajstić information content (AvgIpc) is 2.71. The maximum Gasteiger partial charge on any atom is 0.342 e. The second-order valence-electron chi connectivity index (χ2n) is 5.95. The minimum absolute atomic E-state index is 0.0211. The van der Waals surface area contributed by atoms with Crippen LogP contribution in [-0.2, 0) is 28.5 Å². The van der Waals surface area contributed by atoms with Gasteiger partial charge in [0.25, 0.3) is 12.6 Å². The number of hydrogen-bond acceptors (Lipinski definition) is 10. The maximum atomic E-state index is 12.4. The second kappa shape index (κ2) is 11.5. The summed E-state index contributed by atoms with van der Waals surface area (Å²) < 4.78 is 19.3. The van der Waals surface area contributed by atoms with Crippen molar-refractivity contribution in [1.82, 2.24) is 0 Å². The van der Waals surface area contributed by atoms with Gasteiger partial charge >= 0.3 is 23.9 Å². The van der Waals surface area contributed by atoms with Crippen molar-refractivity contribution < 1.29 is 48.3 Å². The van der Waals surface area contributed by atoms with Crippen LogP contribution in [-0.4, -0.2) is 59.9 Å². The van der Waals surface area contributed by atoms with Crippen molar-refractivity contribution in [2.75, 3.05) is 13.2 Å². The summed E-state index contributed by atoms with van der Waals surface area (Å²) in [4.78, 5) is 47.9. The van der Waals surface area contributed by atoms with Crippen molar-refractivity contribution in [3.05, 3.63) is 59.7 Å². The molecule has 0 aliphatic heterocycles. The molecule has 1 aromatic rings. The monoisotopic (exact) mass is 422 g/mol. The van der Waals surface area contributed by atoms with Gasteiger partial charge in [0.15, 0.2) is 0 Å². The number of rotatable bonds is 10. The van der Waals surface area contributed by atoms with E-state index in [2.05, 4.69) is 13.2 Å². The molecule has 1 rings (SSSR count). The van der Waals surface area contributed by atoms with Gasteiger partial charge in [-0.3, -0.25) is 0 Å². The van der Waals surface area contributed by atoms with Crippen molar-refractivity contribution in [2.45, 2.75) is 26.4 Å². The molecule has 10 nitrogen and oxygen atoms in total. The summed E-state index contributed by atoms with van der Waals surface area (Å²) in [7, 11) is 0. The summed E-state index contributed by atoms with van der Waals surface area (Å²) in [6.07, 6.45) is -3.26. The van der Waals surface area contributed by atoms with Crippen LogP contribution in [0.2, 0.25) is 0 Å². The van der Waals surface area contributed by atoms with Crippen LogP contribution < -0.4 is 0 Å². The fourth-order valence-corrected chi connectivity index (χ4v) is 1.84. The molecule has 0 fully saturated rings. The van der Waals surface area contributed by atoms with Gasteiger partial charge in [0.05, 0.1) is 11.1 Å². The van der Waals surface area contributed by atoms with Crippen molar-refractivity contribution in [2.24, 2.45) is 0 Å². The Bertz CT molecular complexity index is 773. The first kappa shape index (κ1) is 24.5. The van der Waals surface area contributed by atoms with Crippen LogP contribution in [0.5, 0.6) is 0 Å². The van der Waals surface area contributed by atoms with Crippen LogP contribution in [0.15, 0.2) is 48.6 Å². The summed E-state index contributed by atoms with van der Waals surface area (Å²) in [6, 6.07) is 5.29. The summed E-state index contributed by atoms with van der Waals surface area (Å²) in [5.74, 6) is -3.98. The minimum atomic E-state index is -1.63. The lowest BCUT2D eigenvalue weighted by atomic mass is 10.1. The maximum absolute atomic E-state index is 12.4. The molecule has 2 atom stereocenters. The smallest absolute Gasteiger partial charge is 0.342 e. The fourth-order valence-electron chi connectivity index (χ4n) is 1.84. The first-order valence-corrected chi connectivity index (χ1v) is 8.56. The first-order valence-electron chi connectivity index (χ1n) is 8.56. The molecule has 0 aromatic heterocycles. The summed E-state index contributed by atoms with van der Waals surface area (Å²) in [5.41, 5.74) is -0.522. The van der Waals surface area contributed by atoms with Crippen molar-refractivity contribution in [3.63, 3.8) is 0 Å². The molecule has 0 aliphatic rings. The third-order valence-electron chi connectivity index (χ3n) is 3.32. The van der Waals surface area contributed by atoms with Gasteiger partial charge in [-0.1, -0.05) is 25.3 Å². The van der Waals surface area contributed by atoms with E-state index in [1.54, 1.807) is 0 Å². The van der Waals surface area contributed by atoms with Gasteiger partial charge < -0.3 is 29.2 Å². The predicted molar refractivity (Wildman–Crippen MR) is 101 cm³/mol. The van der Waals surface area contributed by atoms with Gasteiger partial charge in [-0.2, -0.15) is 0 Å². The molecule has 30 heavy (non-hydrogen) atoms. The quantitative estimate of drug-likeness (QED) is 0.316. The number of ether oxygens (including phenoxy) is 4. The molecule has 2 N–H and O–H groups in total. The Morgan fingerprint density at radius 2 is 1.10 bits per heavy atom. The number of benzene rings is 1. The largest absolute Gasteiger partial charge is 0.419 e. The Morgan fingerprint density at radius 1 is 0.767 bits per heavy atom. The molecular formula is C20H22O10. The average molecular weight is 422 g/mol. The standard InChI is InChI=1S/C20H22O10/c1-11(2)17(23)27-15(9-21)29-19(25)13-7-5-6-8-14(13)20(26)30-16(10-22)28-18(24)12(3)4/h5-8,15-16,21-22H,1,3,9-10H2,2,4H3. The number of esters is 4. The lowest BCUT2D eigenvalue weighted by molar-refractivity contribution is -0.171. The third-order valence-corrected chi connectivity index (χ3v) is 3.32. The van der Waals surface area contributed by atoms with E-state index in [0.29, 0.717) is 0 Å². The molecule has 0 radical (unpaired) electrons. The molecule has 1 aromatic carbocycles. The third kappa shape index (κ3) is 7.15. The van der Waals surface area contributed by atoms with Crippen LogP contribution in [0.4, 0.5) is 0 Å². The van der Waals surface area contributed by atoms with E-state index in [4.69, 9.17) is 18.9 Å². The van der Waals surface area contributed by atoms with E-state index in [-0.39, 0.29) is 22.3 Å². The normalized spacial score (nSPS) is 12.1. The number of carbonyl (C=O) groups is 4. The highest BCUT2D eigenvalue weighted by molar-refractivity contribution is 6.03. The van der Waals surface area contributed by atoms with Gasteiger partial charge in [-0.05, 0) is 26.0 Å². The van der Waals surface area contributed by atoms with Crippen molar-refractivity contribution in [3.8, 4) is 0 Å². The summed E-state index contributed by atoms with van der Waals surface area (Å²) >= 11 is 0. The lowest BCUT2D eigenvalue weighted by Gasteiger charge is -2.18. The van der Waals surface area contributed by atoms with Crippen molar-refractivity contribution >= 4 is 23.9 Å². The molecule has 0 spiro atoms. The van der Waals surface area contributed by atoms with Crippen LogP contribution >= 0.6 is 0 Å². The summed E-state index contributed by atoms with van der Waals surface area (Å²) in [5, 5.41) is 18.5. The van der Waals surface area contributed by atoms with Crippen LogP contribution in [0.3, 0.4) is 0 Å². The molecule has 10 heteroatoms.